The zero-order valence-corrected chi connectivity index (χ0v) is 17.3. The molecule has 3 rings (SSSR count). The number of benzene rings is 1. The predicted octanol–water partition coefficient (Wildman–Crippen LogP) is 1.88. The summed E-state index contributed by atoms with van der Waals surface area (Å²) in [7, 11) is -3.63. The maximum atomic E-state index is 12.5. The Morgan fingerprint density at radius 1 is 1.21 bits per heavy atom. The topological polar surface area (TPSA) is 109 Å². The predicted molar refractivity (Wildman–Crippen MR) is 105 cm³/mol. The van der Waals surface area contributed by atoms with Gasteiger partial charge in [0.1, 0.15) is 4.88 Å². The third kappa shape index (κ3) is 4.62. The van der Waals surface area contributed by atoms with Crippen molar-refractivity contribution in [2.45, 2.75) is 31.6 Å². The molecule has 2 heterocycles. The van der Waals surface area contributed by atoms with E-state index in [1.807, 2.05) is 0 Å². The molecule has 0 spiro atoms. The van der Waals surface area contributed by atoms with E-state index in [1.165, 1.54) is 31.2 Å². The normalized spacial score (nSPS) is 15.6. The Hall–Kier alpha value is -2.17. The Bertz CT molecular complexity index is 962. The Kier molecular flexibility index (Phi) is 6.21. The lowest BCUT2D eigenvalue weighted by Crippen LogP contribution is -2.41. The van der Waals surface area contributed by atoms with Crippen molar-refractivity contribution >= 4 is 33.2 Å². The number of aromatic nitrogens is 2. The number of ketones is 1. The van der Waals surface area contributed by atoms with Crippen molar-refractivity contribution in [1.29, 1.82) is 0 Å². The number of rotatable bonds is 6. The van der Waals surface area contributed by atoms with Crippen LogP contribution in [0.25, 0.3) is 0 Å². The first kappa shape index (κ1) is 20.6. The van der Waals surface area contributed by atoms with E-state index in [9.17, 15) is 18.0 Å². The highest BCUT2D eigenvalue weighted by Crippen LogP contribution is 2.21. The van der Waals surface area contributed by atoms with Gasteiger partial charge in [-0.3, -0.25) is 9.59 Å². The fourth-order valence-electron chi connectivity index (χ4n) is 3.09. The molecule has 1 fully saturated rings. The van der Waals surface area contributed by atoms with E-state index in [-0.39, 0.29) is 22.5 Å². The highest BCUT2D eigenvalue weighted by Gasteiger charge is 2.27. The van der Waals surface area contributed by atoms with E-state index in [1.54, 1.807) is 11.8 Å². The molecule has 28 heavy (non-hydrogen) atoms. The maximum absolute atomic E-state index is 12.5. The van der Waals surface area contributed by atoms with Gasteiger partial charge in [-0.05, 0) is 56.3 Å². The fraction of sp³-hybridized carbons (Fsp3) is 0.444. The quantitative estimate of drug-likeness (QED) is 0.712. The van der Waals surface area contributed by atoms with Crippen molar-refractivity contribution in [3.8, 4) is 0 Å². The minimum Gasteiger partial charge on any atom is -0.338 e. The Morgan fingerprint density at radius 3 is 2.39 bits per heavy atom. The van der Waals surface area contributed by atoms with Gasteiger partial charge in [0, 0.05) is 25.2 Å². The number of hydrogen-bond donors (Lipinski definition) is 1. The Morgan fingerprint density at radius 2 is 1.86 bits per heavy atom. The summed E-state index contributed by atoms with van der Waals surface area (Å²) in [6.45, 7) is 4.68. The van der Waals surface area contributed by atoms with Gasteiger partial charge in [0.25, 0.3) is 5.91 Å². The molecule has 0 atom stereocenters. The van der Waals surface area contributed by atoms with E-state index >= 15 is 0 Å². The average Bonchev–Trinajstić information content (AvgIpc) is 3.12. The molecular weight excluding hydrogens is 400 g/mol. The number of nitrogens with zero attached hydrogens (tertiary/aromatic N) is 3. The number of likely N-dealkylation sites (tertiary alicyclic amines) is 1. The highest BCUT2D eigenvalue weighted by atomic mass is 32.2. The summed E-state index contributed by atoms with van der Waals surface area (Å²) < 4.78 is 31.3. The van der Waals surface area contributed by atoms with Crippen LogP contribution >= 0.6 is 11.5 Å². The van der Waals surface area contributed by atoms with E-state index in [0.717, 1.165) is 24.4 Å². The maximum Gasteiger partial charge on any atom is 0.267 e. The Balaban J connectivity index is 1.52. The lowest BCUT2D eigenvalue weighted by molar-refractivity contribution is 0.0695. The number of aryl methyl sites for hydroxylation is 1. The number of nitrogens with one attached hydrogen (secondary N) is 1. The second kappa shape index (κ2) is 8.46. The summed E-state index contributed by atoms with van der Waals surface area (Å²) in [5.74, 6) is -0.00406. The van der Waals surface area contributed by atoms with Crippen molar-refractivity contribution in [1.82, 2.24) is 19.2 Å². The van der Waals surface area contributed by atoms with E-state index < -0.39 is 10.0 Å². The molecule has 10 heteroatoms. The number of carbonyl (C=O) groups excluding carboxylic acids is 2. The second-order valence-electron chi connectivity index (χ2n) is 6.86. The molecule has 1 saturated heterocycles. The molecule has 150 valence electrons. The minimum absolute atomic E-state index is 0.0582. The van der Waals surface area contributed by atoms with Crippen LogP contribution in [0, 0.1) is 12.8 Å². The summed E-state index contributed by atoms with van der Waals surface area (Å²) in [6.07, 6.45) is 1.45. The smallest absolute Gasteiger partial charge is 0.267 e. The summed E-state index contributed by atoms with van der Waals surface area (Å²) in [5, 5.41) is 3.87. The molecule has 1 aliphatic heterocycles. The van der Waals surface area contributed by atoms with Crippen LogP contribution in [0.15, 0.2) is 29.2 Å². The number of amides is 1. The highest BCUT2D eigenvalue weighted by molar-refractivity contribution is 7.89. The molecule has 0 aliphatic carbocycles. The SMILES string of the molecule is CC(=O)c1ccc(S(=O)(=O)NCC2CCN(C(=O)c3snnc3C)CC2)cc1. The molecule has 1 amide bonds. The van der Waals surface area contributed by atoms with Crippen LogP contribution in [0.3, 0.4) is 0 Å². The molecule has 1 N–H and O–H groups in total. The minimum atomic E-state index is -3.63. The molecule has 1 aromatic heterocycles. The molecule has 8 nitrogen and oxygen atoms in total. The third-order valence-corrected chi connectivity index (χ3v) is 7.14. The van der Waals surface area contributed by atoms with Gasteiger partial charge in [-0.2, -0.15) is 0 Å². The molecule has 0 bridgehead atoms. The van der Waals surface area contributed by atoms with Crippen LogP contribution in [0.1, 0.15) is 45.5 Å². The summed E-state index contributed by atoms with van der Waals surface area (Å²) in [4.78, 5) is 26.3. The van der Waals surface area contributed by atoms with Gasteiger partial charge in [-0.25, -0.2) is 13.1 Å². The van der Waals surface area contributed by atoms with Crippen molar-refractivity contribution in [2.24, 2.45) is 5.92 Å². The number of carbonyl (C=O) groups is 2. The van der Waals surface area contributed by atoms with Gasteiger partial charge >= 0.3 is 0 Å². The van der Waals surface area contributed by atoms with Gasteiger partial charge in [0.05, 0.1) is 10.6 Å². The monoisotopic (exact) mass is 422 g/mol. The van der Waals surface area contributed by atoms with Gasteiger partial charge < -0.3 is 4.90 Å². The van der Waals surface area contributed by atoms with Gasteiger partial charge in [-0.1, -0.05) is 16.6 Å². The molecule has 2 aromatic rings. The van der Waals surface area contributed by atoms with Crippen LogP contribution in [0.4, 0.5) is 0 Å². The standard InChI is InChI=1S/C18H22N4O4S2/c1-12-17(27-21-20-12)18(24)22-9-7-14(8-10-22)11-19-28(25,26)16-5-3-15(4-6-16)13(2)23/h3-6,14,19H,7-11H2,1-2H3. The van der Waals surface area contributed by atoms with E-state index in [0.29, 0.717) is 35.8 Å². The molecule has 1 aliphatic rings. The summed E-state index contributed by atoms with van der Waals surface area (Å²) >= 11 is 1.10. The van der Waals surface area contributed by atoms with Gasteiger partial charge in [0.2, 0.25) is 10.0 Å². The van der Waals surface area contributed by atoms with E-state index in [2.05, 4.69) is 14.3 Å². The van der Waals surface area contributed by atoms with Crippen molar-refractivity contribution < 1.29 is 18.0 Å². The van der Waals surface area contributed by atoms with Gasteiger partial charge in [-0.15, -0.1) is 5.10 Å². The largest absolute Gasteiger partial charge is 0.338 e. The lowest BCUT2D eigenvalue weighted by Gasteiger charge is -2.31. The van der Waals surface area contributed by atoms with Crippen molar-refractivity contribution in [3.63, 3.8) is 0 Å². The molecule has 0 radical (unpaired) electrons. The first-order valence-corrected chi connectivity index (χ1v) is 11.2. The lowest BCUT2D eigenvalue weighted by atomic mass is 9.97. The van der Waals surface area contributed by atoms with Crippen LogP contribution in [0.2, 0.25) is 0 Å². The first-order valence-electron chi connectivity index (χ1n) is 8.97. The average molecular weight is 423 g/mol. The summed E-state index contributed by atoms with van der Waals surface area (Å²) in [5.41, 5.74) is 1.11. The summed E-state index contributed by atoms with van der Waals surface area (Å²) in [6, 6.07) is 5.89. The van der Waals surface area contributed by atoms with Crippen LogP contribution in [-0.2, 0) is 10.0 Å². The van der Waals surface area contributed by atoms with Gasteiger partial charge in [0.15, 0.2) is 5.78 Å². The van der Waals surface area contributed by atoms with Crippen LogP contribution in [0.5, 0.6) is 0 Å². The zero-order chi connectivity index (χ0) is 20.3. The Labute approximate surface area is 168 Å². The van der Waals surface area contributed by atoms with E-state index in [4.69, 9.17) is 0 Å². The zero-order valence-electron chi connectivity index (χ0n) is 15.7. The number of Topliss-reactive ketones (excluding diaryl/α,β-unsaturated/α-hetero) is 1. The third-order valence-electron chi connectivity index (χ3n) is 4.88. The van der Waals surface area contributed by atoms with Crippen LogP contribution in [-0.4, -0.2) is 54.2 Å². The molecule has 1 aromatic carbocycles. The molecular formula is C18H22N4O4S2. The van der Waals surface area contributed by atoms with Crippen molar-refractivity contribution in [3.05, 3.63) is 40.4 Å². The van der Waals surface area contributed by atoms with Crippen LogP contribution < -0.4 is 4.72 Å². The number of sulfonamides is 1. The molecule has 0 unspecified atom stereocenters. The number of piperidine rings is 1. The van der Waals surface area contributed by atoms with Crippen molar-refractivity contribution in [2.75, 3.05) is 19.6 Å². The fourth-order valence-corrected chi connectivity index (χ4v) is 4.83. The second-order valence-corrected chi connectivity index (χ2v) is 9.38. The number of hydrogen-bond acceptors (Lipinski definition) is 7. The molecule has 0 saturated carbocycles. The first-order chi connectivity index (χ1) is 13.3.